The van der Waals surface area contributed by atoms with E-state index in [2.05, 4.69) is 10.9 Å². The van der Waals surface area contributed by atoms with E-state index in [1.165, 1.54) is 16.4 Å². The predicted octanol–water partition coefficient (Wildman–Crippen LogP) is -0.653. The Balaban J connectivity index is 1.68. The minimum atomic E-state index is -3.54. The van der Waals surface area contributed by atoms with Gasteiger partial charge in [0.25, 0.3) is 5.91 Å². The molecule has 0 spiro atoms. The third kappa shape index (κ3) is 4.01. The molecule has 2 unspecified atom stereocenters. The van der Waals surface area contributed by atoms with Crippen molar-refractivity contribution in [2.24, 2.45) is 5.73 Å². The van der Waals surface area contributed by atoms with Crippen LogP contribution in [-0.2, 0) is 10.0 Å². The van der Waals surface area contributed by atoms with Crippen molar-refractivity contribution in [2.45, 2.75) is 29.8 Å². The highest BCUT2D eigenvalue weighted by molar-refractivity contribution is 7.89. The minimum Gasteiger partial charge on any atom is -0.340 e. The van der Waals surface area contributed by atoms with Gasteiger partial charge in [0.15, 0.2) is 0 Å². The van der Waals surface area contributed by atoms with Crippen molar-refractivity contribution in [3.8, 4) is 0 Å². The zero-order valence-electron chi connectivity index (χ0n) is 14.3. The van der Waals surface area contributed by atoms with Crippen molar-refractivity contribution in [1.82, 2.24) is 20.1 Å². The van der Waals surface area contributed by atoms with Crippen molar-refractivity contribution < 1.29 is 13.2 Å². The Hall–Kier alpha value is -1.52. The van der Waals surface area contributed by atoms with Crippen LogP contribution in [0.25, 0.3) is 0 Å². The SMILES string of the molecule is CN(CC1CCNN1)C(=O)c1ccc(S(=O)(=O)N2CCC(N)C2)cc1. The molecule has 0 aliphatic carbocycles. The zero-order valence-corrected chi connectivity index (χ0v) is 15.1. The van der Waals surface area contributed by atoms with E-state index in [9.17, 15) is 13.2 Å². The molecule has 1 aromatic carbocycles. The van der Waals surface area contributed by atoms with Crippen LogP contribution in [0, 0.1) is 0 Å². The average molecular weight is 367 g/mol. The van der Waals surface area contributed by atoms with E-state index in [4.69, 9.17) is 5.73 Å². The van der Waals surface area contributed by atoms with E-state index >= 15 is 0 Å². The Kier molecular flexibility index (Phi) is 5.40. The molecule has 2 heterocycles. The first-order valence-electron chi connectivity index (χ1n) is 8.47. The molecule has 138 valence electrons. The van der Waals surface area contributed by atoms with Gasteiger partial charge in [-0.15, -0.1) is 0 Å². The van der Waals surface area contributed by atoms with E-state index in [1.54, 1.807) is 24.1 Å². The lowest BCUT2D eigenvalue weighted by atomic mass is 10.2. The zero-order chi connectivity index (χ0) is 18.0. The summed E-state index contributed by atoms with van der Waals surface area (Å²) in [7, 11) is -1.79. The summed E-state index contributed by atoms with van der Waals surface area (Å²) < 4.78 is 26.6. The lowest BCUT2D eigenvalue weighted by molar-refractivity contribution is 0.0783. The summed E-state index contributed by atoms with van der Waals surface area (Å²) in [4.78, 5) is 14.3. The molecule has 1 amide bonds. The number of hydrogen-bond donors (Lipinski definition) is 3. The highest BCUT2D eigenvalue weighted by atomic mass is 32.2. The van der Waals surface area contributed by atoms with E-state index in [1.807, 2.05) is 0 Å². The average Bonchev–Trinajstić information content (AvgIpc) is 3.26. The number of benzene rings is 1. The summed E-state index contributed by atoms with van der Waals surface area (Å²) >= 11 is 0. The molecule has 0 saturated carbocycles. The molecule has 3 rings (SSSR count). The van der Waals surface area contributed by atoms with Gasteiger partial charge in [-0.1, -0.05) is 0 Å². The Bertz CT molecular complexity index is 716. The van der Waals surface area contributed by atoms with Gasteiger partial charge < -0.3 is 10.6 Å². The minimum absolute atomic E-state index is 0.108. The normalized spacial score (nSPS) is 24.6. The molecule has 2 fully saturated rings. The monoisotopic (exact) mass is 367 g/mol. The van der Waals surface area contributed by atoms with Gasteiger partial charge >= 0.3 is 0 Å². The number of hydrazine groups is 1. The first kappa shape index (κ1) is 18.3. The van der Waals surface area contributed by atoms with Gasteiger partial charge in [0.05, 0.1) is 4.90 Å². The lowest BCUT2D eigenvalue weighted by Gasteiger charge is -2.21. The summed E-state index contributed by atoms with van der Waals surface area (Å²) in [5.41, 5.74) is 12.4. The number of nitrogens with two attached hydrogens (primary N) is 1. The van der Waals surface area contributed by atoms with Crippen LogP contribution in [0.2, 0.25) is 0 Å². The van der Waals surface area contributed by atoms with Crippen molar-refractivity contribution in [1.29, 1.82) is 0 Å². The standard InChI is InChI=1S/C16H25N5O3S/c1-20(11-14-6-8-18-19-14)16(22)12-2-4-15(5-3-12)25(23,24)21-9-7-13(17)10-21/h2-5,13-14,18-19H,6-11,17H2,1H3. The highest BCUT2D eigenvalue weighted by Gasteiger charge is 2.31. The fourth-order valence-electron chi connectivity index (χ4n) is 3.20. The molecule has 2 aliphatic rings. The van der Waals surface area contributed by atoms with Crippen LogP contribution in [0.4, 0.5) is 0 Å². The molecule has 2 atom stereocenters. The number of carbonyl (C=O) groups is 1. The molecule has 0 bridgehead atoms. The van der Waals surface area contributed by atoms with Crippen molar-refractivity contribution in [2.75, 3.05) is 33.2 Å². The number of nitrogens with zero attached hydrogens (tertiary/aromatic N) is 2. The van der Waals surface area contributed by atoms with Crippen LogP contribution in [0.15, 0.2) is 29.2 Å². The molecule has 25 heavy (non-hydrogen) atoms. The van der Waals surface area contributed by atoms with E-state index in [0.717, 1.165) is 13.0 Å². The first-order valence-corrected chi connectivity index (χ1v) is 9.91. The third-order valence-corrected chi connectivity index (χ3v) is 6.57. The van der Waals surface area contributed by atoms with Gasteiger partial charge in [-0.25, -0.2) is 8.42 Å². The Morgan fingerprint density at radius 3 is 2.60 bits per heavy atom. The molecule has 1 aromatic rings. The van der Waals surface area contributed by atoms with Crippen LogP contribution >= 0.6 is 0 Å². The van der Waals surface area contributed by atoms with Gasteiger partial charge in [0.2, 0.25) is 10.0 Å². The van der Waals surface area contributed by atoms with Crippen molar-refractivity contribution >= 4 is 15.9 Å². The first-order chi connectivity index (χ1) is 11.9. The van der Waals surface area contributed by atoms with Crippen LogP contribution in [0.3, 0.4) is 0 Å². The molecule has 2 saturated heterocycles. The largest absolute Gasteiger partial charge is 0.340 e. The Labute approximate surface area is 148 Å². The Morgan fingerprint density at radius 1 is 1.32 bits per heavy atom. The number of carbonyl (C=O) groups excluding carboxylic acids is 1. The summed E-state index contributed by atoms with van der Waals surface area (Å²) in [6.07, 6.45) is 1.64. The second-order valence-corrected chi connectivity index (χ2v) is 8.62. The van der Waals surface area contributed by atoms with Crippen LogP contribution in [0.5, 0.6) is 0 Å². The molecule has 2 aliphatic heterocycles. The molecule has 0 aromatic heterocycles. The number of rotatable bonds is 5. The third-order valence-electron chi connectivity index (χ3n) is 4.69. The lowest BCUT2D eigenvalue weighted by Crippen LogP contribution is -2.41. The van der Waals surface area contributed by atoms with Gasteiger partial charge in [-0.3, -0.25) is 15.6 Å². The van der Waals surface area contributed by atoms with E-state index < -0.39 is 10.0 Å². The van der Waals surface area contributed by atoms with Crippen molar-refractivity contribution in [3.63, 3.8) is 0 Å². The number of hydrogen-bond acceptors (Lipinski definition) is 6. The molecular weight excluding hydrogens is 342 g/mol. The second-order valence-electron chi connectivity index (χ2n) is 6.68. The molecule has 9 heteroatoms. The van der Waals surface area contributed by atoms with Crippen LogP contribution < -0.4 is 16.6 Å². The van der Waals surface area contributed by atoms with Crippen LogP contribution in [-0.4, -0.2) is 68.8 Å². The number of sulfonamides is 1. The smallest absolute Gasteiger partial charge is 0.253 e. The van der Waals surface area contributed by atoms with Gasteiger partial charge in [-0.05, 0) is 37.1 Å². The van der Waals surface area contributed by atoms with Crippen molar-refractivity contribution in [3.05, 3.63) is 29.8 Å². The molecule has 0 radical (unpaired) electrons. The maximum Gasteiger partial charge on any atom is 0.253 e. The summed E-state index contributed by atoms with van der Waals surface area (Å²) in [5, 5.41) is 0. The summed E-state index contributed by atoms with van der Waals surface area (Å²) in [6, 6.07) is 6.26. The maximum atomic E-state index is 12.6. The quantitative estimate of drug-likeness (QED) is 0.638. The maximum absolute atomic E-state index is 12.6. The number of likely N-dealkylation sites (N-methyl/N-ethyl adjacent to an activating group) is 1. The second kappa shape index (κ2) is 7.38. The van der Waals surface area contributed by atoms with E-state index in [0.29, 0.717) is 31.6 Å². The fraction of sp³-hybridized carbons (Fsp3) is 0.562. The number of amides is 1. The molecule has 8 nitrogen and oxygen atoms in total. The summed E-state index contributed by atoms with van der Waals surface area (Å²) in [6.45, 7) is 2.26. The molecular formula is C16H25N5O3S. The Morgan fingerprint density at radius 2 is 2.04 bits per heavy atom. The van der Waals surface area contributed by atoms with Gasteiger partial charge in [-0.2, -0.15) is 4.31 Å². The predicted molar refractivity (Wildman–Crippen MR) is 94.3 cm³/mol. The van der Waals surface area contributed by atoms with E-state index in [-0.39, 0.29) is 22.9 Å². The molecule has 4 N–H and O–H groups in total. The topological polar surface area (TPSA) is 108 Å². The fourth-order valence-corrected chi connectivity index (χ4v) is 4.71. The highest BCUT2D eigenvalue weighted by Crippen LogP contribution is 2.21. The van der Waals surface area contributed by atoms with Crippen LogP contribution in [0.1, 0.15) is 23.2 Å². The summed E-state index contributed by atoms with van der Waals surface area (Å²) in [5.74, 6) is -0.124. The number of nitrogens with one attached hydrogen (secondary N) is 2. The van der Waals surface area contributed by atoms with Gasteiger partial charge in [0.1, 0.15) is 0 Å². The van der Waals surface area contributed by atoms with Gasteiger partial charge in [0, 0.05) is 50.9 Å².